The minimum atomic E-state index is -0.294. The van der Waals surface area contributed by atoms with Crippen LogP contribution in [0.25, 0.3) is 10.6 Å². The molecular weight excluding hydrogens is 542 g/mol. The molecular formula is C30H25N5O3S2. The van der Waals surface area contributed by atoms with E-state index in [2.05, 4.69) is 12.0 Å². The number of carbonyl (C=O) groups excluding carboxylic acids is 1. The molecule has 10 heteroatoms. The number of amides is 1. The molecule has 1 N–H and O–H groups in total. The van der Waals surface area contributed by atoms with E-state index in [0.29, 0.717) is 32.0 Å². The number of thiazole rings is 1. The van der Waals surface area contributed by atoms with E-state index in [1.807, 2.05) is 90.8 Å². The fraction of sp³-hybridized carbons (Fsp3) is 0.100. The second-order valence-electron chi connectivity index (χ2n) is 9.00. The van der Waals surface area contributed by atoms with Gasteiger partial charge in [0.15, 0.2) is 5.84 Å². The standard InChI is InChI=1S/C30H25N5O3S2/c1-4-17-34-28(37)25(30-33(2)22-18-21(38-3)15-16-23(22)39-30)40-29(34)24-26(31-19-11-7-5-8-12-19)32-35(27(24)36)20-13-9-6-10-14-20/h4-16,18H,1,17H2,2-3H3,(H,31,32). The van der Waals surface area contributed by atoms with Gasteiger partial charge in [-0.25, -0.2) is 10.0 Å². The van der Waals surface area contributed by atoms with E-state index in [1.165, 1.54) is 28.1 Å². The number of methoxy groups -OCH3 is 1. The highest BCUT2D eigenvalue weighted by atomic mass is 32.2. The highest BCUT2D eigenvalue weighted by Crippen LogP contribution is 2.46. The molecule has 200 valence electrons. The van der Waals surface area contributed by atoms with Crippen molar-refractivity contribution in [3.05, 3.63) is 111 Å². The number of hydrazine groups is 1. The Balaban J connectivity index is 1.61. The first-order valence-electron chi connectivity index (χ1n) is 12.5. The maximum atomic E-state index is 14.0. The number of aliphatic imine (C=N–C) groups is 1. The maximum absolute atomic E-state index is 14.0. The van der Waals surface area contributed by atoms with Crippen LogP contribution in [0.5, 0.6) is 5.75 Å². The Kier molecular flexibility index (Phi) is 6.79. The number of nitrogens with zero attached hydrogens (tertiary/aromatic N) is 4. The number of amidine groups is 1. The third kappa shape index (κ3) is 4.41. The molecule has 40 heavy (non-hydrogen) atoms. The summed E-state index contributed by atoms with van der Waals surface area (Å²) in [5.41, 5.74) is 5.63. The summed E-state index contributed by atoms with van der Waals surface area (Å²) in [4.78, 5) is 35.7. The third-order valence-corrected chi connectivity index (χ3v) is 9.08. The SMILES string of the molecule is C=CCn1c(=C2C(=O)N(c3ccccc3)NC2=Nc2ccccc2)sc(=C2Sc3ccc(OC)cc3N2C)c1=O. The molecule has 2 aliphatic rings. The van der Waals surface area contributed by atoms with Gasteiger partial charge in [0.05, 0.1) is 24.2 Å². The lowest BCUT2D eigenvalue weighted by Gasteiger charge is -2.14. The first-order valence-corrected chi connectivity index (χ1v) is 14.1. The van der Waals surface area contributed by atoms with Crippen molar-refractivity contribution in [1.29, 1.82) is 0 Å². The molecule has 4 aromatic rings. The van der Waals surface area contributed by atoms with Crippen molar-refractivity contribution in [3.8, 4) is 5.75 Å². The van der Waals surface area contributed by atoms with E-state index >= 15 is 0 Å². The number of benzene rings is 3. The molecule has 0 atom stereocenters. The predicted molar refractivity (Wildman–Crippen MR) is 163 cm³/mol. The number of para-hydroxylation sites is 2. The zero-order chi connectivity index (χ0) is 27.8. The molecule has 0 radical (unpaired) electrons. The molecule has 0 unspecified atom stereocenters. The molecule has 6 rings (SSSR count). The predicted octanol–water partition coefficient (Wildman–Crippen LogP) is 3.84. The van der Waals surface area contributed by atoms with Crippen LogP contribution < -0.4 is 34.8 Å². The van der Waals surface area contributed by atoms with Crippen LogP contribution in [0.2, 0.25) is 0 Å². The Bertz CT molecular complexity index is 1850. The number of hydrogen-bond acceptors (Lipinski definition) is 7. The molecule has 3 heterocycles. The first kappa shape index (κ1) is 25.7. The van der Waals surface area contributed by atoms with Crippen molar-refractivity contribution in [1.82, 2.24) is 9.99 Å². The van der Waals surface area contributed by atoms with Gasteiger partial charge in [-0.05, 0) is 36.4 Å². The number of anilines is 2. The number of allylic oxidation sites excluding steroid dienone is 1. The van der Waals surface area contributed by atoms with Gasteiger partial charge in [-0.15, -0.1) is 17.9 Å². The molecule has 1 saturated heterocycles. The highest BCUT2D eigenvalue weighted by Gasteiger charge is 2.36. The van der Waals surface area contributed by atoms with Crippen LogP contribution in [0, 0.1) is 0 Å². The van der Waals surface area contributed by atoms with Crippen LogP contribution in [0.1, 0.15) is 0 Å². The van der Waals surface area contributed by atoms with Crippen LogP contribution in [0.15, 0.2) is 106 Å². The van der Waals surface area contributed by atoms with Crippen molar-refractivity contribution < 1.29 is 9.53 Å². The Morgan fingerprint density at radius 2 is 1.75 bits per heavy atom. The van der Waals surface area contributed by atoms with Gasteiger partial charge in [0.2, 0.25) is 0 Å². The van der Waals surface area contributed by atoms with Crippen LogP contribution in [-0.2, 0) is 11.3 Å². The molecule has 2 aliphatic heterocycles. The number of aromatic nitrogens is 1. The third-order valence-electron chi connectivity index (χ3n) is 6.52. The number of fused-ring (bicyclic) bond motifs is 1. The van der Waals surface area contributed by atoms with Crippen LogP contribution in [-0.4, -0.2) is 30.5 Å². The molecule has 8 nitrogen and oxygen atoms in total. The summed E-state index contributed by atoms with van der Waals surface area (Å²) >= 11 is 2.81. The Morgan fingerprint density at radius 3 is 2.45 bits per heavy atom. The lowest BCUT2D eigenvalue weighted by atomic mass is 10.2. The lowest BCUT2D eigenvalue weighted by molar-refractivity contribution is -0.113. The summed E-state index contributed by atoms with van der Waals surface area (Å²) in [7, 11) is 3.56. The normalized spacial score (nSPS) is 18.2. The van der Waals surface area contributed by atoms with Crippen molar-refractivity contribution in [2.45, 2.75) is 11.4 Å². The zero-order valence-corrected chi connectivity index (χ0v) is 23.5. The Morgan fingerprint density at radius 1 is 1.02 bits per heavy atom. The largest absolute Gasteiger partial charge is 0.497 e. The molecule has 0 spiro atoms. The van der Waals surface area contributed by atoms with Gasteiger partial charge < -0.3 is 9.64 Å². The van der Waals surface area contributed by atoms with Crippen molar-refractivity contribution in [2.75, 3.05) is 24.1 Å². The van der Waals surface area contributed by atoms with E-state index in [9.17, 15) is 9.59 Å². The molecule has 0 bridgehead atoms. The van der Waals surface area contributed by atoms with Gasteiger partial charge >= 0.3 is 0 Å². The monoisotopic (exact) mass is 567 g/mol. The smallest absolute Gasteiger partial charge is 0.283 e. The number of thioether (sulfide) groups is 1. The van der Waals surface area contributed by atoms with Gasteiger partial charge in [-0.1, -0.05) is 54.2 Å². The summed E-state index contributed by atoms with van der Waals surface area (Å²) in [6.45, 7) is 4.11. The number of ether oxygens (including phenoxy) is 1. The summed E-state index contributed by atoms with van der Waals surface area (Å²) in [5.74, 6) is 0.817. The van der Waals surface area contributed by atoms with Crippen LogP contribution >= 0.6 is 23.1 Å². The second kappa shape index (κ2) is 10.6. The van der Waals surface area contributed by atoms with Crippen LogP contribution in [0.4, 0.5) is 17.1 Å². The fourth-order valence-corrected chi connectivity index (χ4v) is 7.05. The average molecular weight is 568 g/mol. The number of nitrogens with one attached hydrogen (secondary N) is 1. The summed E-state index contributed by atoms with van der Waals surface area (Å²) in [6, 6.07) is 24.6. The summed E-state index contributed by atoms with van der Waals surface area (Å²) in [5, 5.41) is 2.26. The number of rotatable bonds is 5. The average Bonchev–Trinajstić information content (AvgIpc) is 3.60. The molecule has 0 saturated carbocycles. The maximum Gasteiger partial charge on any atom is 0.283 e. The van der Waals surface area contributed by atoms with E-state index in [-0.39, 0.29) is 18.0 Å². The van der Waals surface area contributed by atoms with E-state index in [4.69, 9.17) is 9.73 Å². The van der Waals surface area contributed by atoms with Crippen molar-refractivity contribution >= 4 is 62.5 Å². The van der Waals surface area contributed by atoms with Crippen molar-refractivity contribution in [2.24, 2.45) is 4.99 Å². The van der Waals surface area contributed by atoms with Gasteiger partial charge in [0.1, 0.15) is 25.5 Å². The second-order valence-corrected chi connectivity index (χ2v) is 11.0. The summed E-state index contributed by atoms with van der Waals surface area (Å²) < 4.78 is 8.06. The van der Waals surface area contributed by atoms with Gasteiger partial charge in [0.25, 0.3) is 11.5 Å². The highest BCUT2D eigenvalue weighted by molar-refractivity contribution is 8.08. The topological polar surface area (TPSA) is 79.2 Å². The quantitative estimate of drug-likeness (QED) is 0.369. The lowest BCUT2D eigenvalue weighted by Crippen LogP contribution is -2.36. The van der Waals surface area contributed by atoms with E-state index in [0.717, 1.165) is 21.4 Å². The summed E-state index contributed by atoms with van der Waals surface area (Å²) in [6.07, 6.45) is 1.66. The Labute approximate surface area is 238 Å². The number of carbonyl (C=O) groups is 1. The first-order chi connectivity index (χ1) is 19.5. The minimum absolute atomic E-state index is 0.188. The van der Waals surface area contributed by atoms with Gasteiger partial charge in [-0.2, -0.15) is 0 Å². The molecule has 0 aliphatic carbocycles. The van der Waals surface area contributed by atoms with Crippen molar-refractivity contribution in [3.63, 3.8) is 0 Å². The van der Waals surface area contributed by atoms with Gasteiger partial charge in [0, 0.05) is 24.6 Å². The molecule has 3 aromatic carbocycles. The minimum Gasteiger partial charge on any atom is -0.497 e. The van der Waals surface area contributed by atoms with E-state index < -0.39 is 0 Å². The van der Waals surface area contributed by atoms with Gasteiger partial charge in [-0.3, -0.25) is 19.6 Å². The fourth-order valence-electron chi connectivity index (χ4n) is 4.57. The Hall–Kier alpha value is -4.54. The molecule has 1 aromatic heterocycles. The van der Waals surface area contributed by atoms with E-state index in [1.54, 1.807) is 17.8 Å². The molecule has 1 amide bonds. The zero-order valence-electron chi connectivity index (χ0n) is 21.8. The van der Waals surface area contributed by atoms with Crippen LogP contribution in [0.3, 0.4) is 0 Å². The number of hydrogen-bond donors (Lipinski definition) is 1. The molecule has 1 fully saturated rings.